The number of hydrogen-bond acceptors (Lipinski definition) is 2. The molecule has 0 bridgehead atoms. The average Bonchev–Trinajstić information content (AvgIpc) is 3.28. The lowest BCUT2D eigenvalue weighted by Gasteiger charge is -2.33. The molecule has 0 atom stereocenters. The summed E-state index contributed by atoms with van der Waals surface area (Å²) >= 11 is 0. The normalized spacial score (nSPS) is 12.5. The Morgan fingerprint density at radius 3 is 1.08 bits per heavy atom. The maximum absolute atomic E-state index is 2.56. The summed E-state index contributed by atoms with van der Waals surface area (Å²) in [6.45, 7) is 23.3. The molecular weight excluding hydrogens is 773 g/mol. The van der Waals surface area contributed by atoms with Crippen molar-refractivity contribution in [3.63, 3.8) is 0 Å². The summed E-state index contributed by atoms with van der Waals surface area (Å²) in [5, 5.41) is 12.7. The van der Waals surface area contributed by atoms with E-state index >= 15 is 0 Å². The molecule has 0 amide bonds. The van der Waals surface area contributed by atoms with Crippen molar-refractivity contribution in [1.29, 1.82) is 0 Å². The van der Waals surface area contributed by atoms with E-state index in [1.807, 2.05) is 0 Å². The molecule has 0 N–H and O–H groups in total. The van der Waals surface area contributed by atoms with Crippen molar-refractivity contribution >= 4 is 88.0 Å². The Morgan fingerprint density at radius 1 is 0.328 bits per heavy atom. The van der Waals surface area contributed by atoms with Crippen LogP contribution in [0.4, 0.5) is 34.1 Å². The molecule has 0 aliphatic rings. The molecule has 0 radical (unpaired) electrons. The van der Waals surface area contributed by atoms with Gasteiger partial charge in [-0.3, -0.25) is 0 Å². The Balaban J connectivity index is 1.36. The van der Waals surface area contributed by atoms with Gasteiger partial charge in [0.05, 0.1) is 22.7 Å². The summed E-state index contributed by atoms with van der Waals surface area (Å²) in [7, 11) is 0. The number of rotatable bonds is 8. The summed E-state index contributed by atoms with van der Waals surface area (Å²) in [5.74, 6) is 0.574. The van der Waals surface area contributed by atoms with E-state index < -0.39 is 0 Å². The van der Waals surface area contributed by atoms with Crippen molar-refractivity contribution in [2.45, 2.75) is 91.9 Å². The molecule has 0 saturated heterocycles. The van der Waals surface area contributed by atoms with Crippen LogP contribution >= 0.6 is 0 Å². The first-order valence-electron chi connectivity index (χ1n) is 23.2. The molecule has 10 rings (SSSR count). The fraction of sp³-hybridized carbons (Fsp3) is 0.226. The molecule has 0 fully saturated rings. The highest BCUT2D eigenvalue weighted by Crippen LogP contribution is 2.52. The average molecular weight is 833 g/mol. The highest BCUT2D eigenvalue weighted by Gasteiger charge is 2.28. The molecule has 318 valence electrons. The fourth-order valence-electron chi connectivity index (χ4n) is 10.2. The summed E-state index contributed by atoms with van der Waals surface area (Å²) in [6.07, 6.45) is 0. The molecule has 0 aromatic heterocycles. The van der Waals surface area contributed by atoms with E-state index in [1.54, 1.807) is 0 Å². The lowest BCUT2D eigenvalue weighted by atomic mass is 9.83. The van der Waals surface area contributed by atoms with Crippen molar-refractivity contribution in [1.82, 2.24) is 0 Å². The second kappa shape index (κ2) is 15.6. The number of fused-ring (bicyclic) bond motifs is 2. The second-order valence-corrected chi connectivity index (χ2v) is 20.6. The molecule has 0 unspecified atom stereocenters. The molecule has 10 aromatic carbocycles. The van der Waals surface area contributed by atoms with Crippen LogP contribution in [0.5, 0.6) is 0 Å². The van der Waals surface area contributed by atoms with Crippen molar-refractivity contribution in [3.8, 4) is 0 Å². The van der Waals surface area contributed by atoms with Gasteiger partial charge in [0.1, 0.15) is 0 Å². The van der Waals surface area contributed by atoms with E-state index in [0.29, 0.717) is 0 Å². The maximum Gasteiger partial charge on any atom is 0.0543 e. The minimum Gasteiger partial charge on any atom is -0.309 e. The predicted octanol–water partition coefficient (Wildman–Crippen LogP) is 18.7. The van der Waals surface area contributed by atoms with Crippen LogP contribution in [-0.2, 0) is 10.8 Å². The lowest BCUT2D eigenvalue weighted by Crippen LogP contribution is -2.16. The predicted molar refractivity (Wildman–Crippen MR) is 280 cm³/mol. The highest BCUT2D eigenvalue weighted by atomic mass is 15.2. The van der Waals surface area contributed by atoms with Gasteiger partial charge in [-0.25, -0.2) is 0 Å². The molecule has 0 saturated carbocycles. The van der Waals surface area contributed by atoms with Gasteiger partial charge in [0.25, 0.3) is 0 Å². The summed E-state index contributed by atoms with van der Waals surface area (Å²) in [5.41, 5.74) is 12.4. The van der Waals surface area contributed by atoms with Gasteiger partial charge in [-0.2, -0.15) is 0 Å². The number of hydrogen-bond donors (Lipinski definition) is 0. The van der Waals surface area contributed by atoms with E-state index in [9.17, 15) is 0 Å². The summed E-state index contributed by atoms with van der Waals surface area (Å²) < 4.78 is 0. The first-order valence-corrected chi connectivity index (χ1v) is 23.2. The van der Waals surface area contributed by atoms with E-state index in [0.717, 1.165) is 11.4 Å². The number of nitrogens with zero attached hydrogens (tertiary/aromatic N) is 2. The molecule has 0 aliphatic heterocycles. The van der Waals surface area contributed by atoms with E-state index in [1.165, 1.54) is 98.9 Å². The van der Waals surface area contributed by atoms with Crippen molar-refractivity contribution in [3.05, 3.63) is 192 Å². The van der Waals surface area contributed by atoms with Gasteiger partial charge < -0.3 is 9.80 Å². The molecule has 0 spiro atoms. The van der Waals surface area contributed by atoms with Crippen LogP contribution in [-0.4, -0.2) is 0 Å². The molecule has 10 aromatic rings. The monoisotopic (exact) mass is 832 g/mol. The molecule has 0 heterocycles. The number of benzene rings is 10. The van der Waals surface area contributed by atoms with Crippen LogP contribution < -0.4 is 9.80 Å². The van der Waals surface area contributed by atoms with Gasteiger partial charge >= 0.3 is 0 Å². The SMILES string of the molecule is CC(C)c1cc(N(c2cccc(C(C)(C)C)c2)c2cccc3ccccc23)c2ccc3c(C(C)C)cc(N(c4cccc(C(C)(C)C)c4)c4cccc5ccccc45)c4ccc1c2c34. The zero-order valence-corrected chi connectivity index (χ0v) is 39.2. The van der Waals surface area contributed by atoms with Crippen LogP contribution in [0.2, 0.25) is 0 Å². The third-order valence-corrected chi connectivity index (χ3v) is 13.6. The van der Waals surface area contributed by atoms with E-state index in [-0.39, 0.29) is 22.7 Å². The van der Waals surface area contributed by atoms with Crippen molar-refractivity contribution in [2.24, 2.45) is 0 Å². The van der Waals surface area contributed by atoms with Crippen molar-refractivity contribution in [2.75, 3.05) is 9.80 Å². The van der Waals surface area contributed by atoms with Crippen LogP contribution in [0.3, 0.4) is 0 Å². The molecule has 64 heavy (non-hydrogen) atoms. The third kappa shape index (κ3) is 6.96. The zero-order valence-electron chi connectivity index (χ0n) is 39.2. The minimum atomic E-state index is -0.0157. The molecule has 0 aliphatic carbocycles. The molecular formula is C62H60N2. The minimum absolute atomic E-state index is 0.0157. The second-order valence-electron chi connectivity index (χ2n) is 20.6. The molecule has 2 nitrogen and oxygen atoms in total. The number of anilines is 6. The lowest BCUT2D eigenvalue weighted by molar-refractivity contribution is 0.590. The standard InChI is InChI=1S/C62H60N2/c1-39(2)53-37-57(63(45-25-17-23-43(35-45)61(5,6)7)55-29-15-21-41-19-11-13-27-47(41)55)51-34-32-50-54(40(3)4)38-58(52-33-31-49(53)59(51)60(50)52)64(46-26-18-24-44(36-46)62(8,9)10)56-30-16-22-42-20-12-14-28-48(42)56/h11-40H,1-10H3. The van der Waals surface area contributed by atoms with Crippen LogP contribution in [0.1, 0.15) is 103 Å². The topological polar surface area (TPSA) is 6.48 Å². The van der Waals surface area contributed by atoms with Crippen LogP contribution in [0, 0.1) is 0 Å². The van der Waals surface area contributed by atoms with Gasteiger partial charge in [0.2, 0.25) is 0 Å². The summed E-state index contributed by atoms with van der Waals surface area (Å²) in [4.78, 5) is 5.11. The highest BCUT2D eigenvalue weighted by molar-refractivity contribution is 6.30. The van der Waals surface area contributed by atoms with Crippen LogP contribution in [0.25, 0.3) is 53.9 Å². The third-order valence-electron chi connectivity index (χ3n) is 13.6. The van der Waals surface area contributed by atoms with Gasteiger partial charge in [-0.05, 0) is 126 Å². The zero-order chi connectivity index (χ0) is 44.7. The quantitative estimate of drug-likeness (QED) is 0.141. The van der Waals surface area contributed by atoms with Gasteiger partial charge in [0, 0.05) is 32.9 Å². The van der Waals surface area contributed by atoms with Crippen LogP contribution in [0.15, 0.2) is 170 Å². The van der Waals surface area contributed by atoms with E-state index in [2.05, 4.69) is 249 Å². The first kappa shape index (κ1) is 41.4. The Hall–Kier alpha value is -6.64. The Bertz CT molecular complexity index is 3140. The Morgan fingerprint density at radius 2 is 0.688 bits per heavy atom. The molecule has 2 heteroatoms. The van der Waals surface area contributed by atoms with Gasteiger partial charge in [-0.15, -0.1) is 0 Å². The van der Waals surface area contributed by atoms with Gasteiger partial charge in [0.15, 0.2) is 0 Å². The fourth-order valence-corrected chi connectivity index (χ4v) is 10.2. The van der Waals surface area contributed by atoms with Gasteiger partial charge in [-0.1, -0.05) is 191 Å². The maximum atomic E-state index is 2.56. The van der Waals surface area contributed by atoms with Crippen molar-refractivity contribution < 1.29 is 0 Å². The Labute approximate surface area is 380 Å². The first-order chi connectivity index (χ1) is 30.7. The smallest absolute Gasteiger partial charge is 0.0543 e. The van der Waals surface area contributed by atoms with E-state index in [4.69, 9.17) is 0 Å². The summed E-state index contributed by atoms with van der Waals surface area (Å²) in [6, 6.07) is 64.4. The largest absolute Gasteiger partial charge is 0.309 e. The Kier molecular flexibility index (Phi) is 10.1.